The molecule has 0 fully saturated rings. The Balaban J connectivity index is 2.66. The van der Waals surface area contributed by atoms with Gasteiger partial charge in [-0.05, 0) is 12.1 Å². The van der Waals surface area contributed by atoms with Crippen molar-refractivity contribution in [3.63, 3.8) is 0 Å². The Morgan fingerprint density at radius 2 is 2.10 bits per heavy atom. The number of nitrogens with two attached hydrogens (primary N) is 1. The molecule has 20 heavy (non-hydrogen) atoms. The molecule has 0 atom stereocenters. The van der Waals surface area contributed by atoms with Gasteiger partial charge < -0.3 is 15.6 Å². The van der Waals surface area contributed by atoms with Crippen molar-refractivity contribution in [1.82, 2.24) is 15.0 Å². The summed E-state index contributed by atoms with van der Waals surface area (Å²) in [6.07, 6.45) is 0. The Hall–Kier alpha value is -2.90. The zero-order valence-corrected chi connectivity index (χ0v) is 10.6. The molecule has 0 bridgehead atoms. The Kier molecular flexibility index (Phi) is 3.65. The third-order valence-corrected chi connectivity index (χ3v) is 2.61. The van der Waals surface area contributed by atoms with Crippen LogP contribution in [-0.4, -0.2) is 39.1 Å². The van der Waals surface area contributed by atoms with Crippen LogP contribution in [0, 0.1) is 0 Å². The molecule has 0 saturated heterocycles. The van der Waals surface area contributed by atoms with Crippen molar-refractivity contribution in [3.05, 3.63) is 30.0 Å². The van der Waals surface area contributed by atoms with Gasteiger partial charge in [0.2, 0.25) is 5.91 Å². The van der Waals surface area contributed by atoms with Crippen LogP contribution in [-0.2, 0) is 11.3 Å². The van der Waals surface area contributed by atoms with Gasteiger partial charge in [0.15, 0.2) is 5.69 Å². The predicted octanol–water partition coefficient (Wildman–Crippen LogP) is 0.137. The molecule has 8 heteroatoms. The van der Waals surface area contributed by atoms with Gasteiger partial charge in [-0.1, -0.05) is 17.3 Å². The summed E-state index contributed by atoms with van der Waals surface area (Å²) in [6.45, 7) is -0.270. The van der Waals surface area contributed by atoms with Gasteiger partial charge in [0, 0.05) is 5.56 Å². The lowest BCUT2D eigenvalue weighted by atomic mass is 10.1. The van der Waals surface area contributed by atoms with E-state index in [0.29, 0.717) is 11.3 Å². The molecule has 2 aromatic rings. The Morgan fingerprint density at radius 3 is 2.70 bits per heavy atom. The molecule has 1 heterocycles. The fraction of sp³-hybridized carbons (Fsp3) is 0.167. The summed E-state index contributed by atoms with van der Waals surface area (Å²) >= 11 is 0. The molecule has 0 saturated carbocycles. The van der Waals surface area contributed by atoms with Gasteiger partial charge in [0.1, 0.15) is 18.0 Å². The van der Waals surface area contributed by atoms with E-state index in [0.717, 1.165) is 4.68 Å². The van der Waals surface area contributed by atoms with Gasteiger partial charge in [0.05, 0.1) is 7.11 Å². The smallest absolute Gasteiger partial charge is 0.358 e. The number of hydrogen-bond acceptors (Lipinski definition) is 5. The first-order valence-corrected chi connectivity index (χ1v) is 5.63. The highest BCUT2D eigenvalue weighted by Gasteiger charge is 2.23. The first kappa shape index (κ1) is 13.5. The molecule has 1 amide bonds. The molecule has 0 radical (unpaired) electrons. The van der Waals surface area contributed by atoms with Gasteiger partial charge in [-0.3, -0.25) is 4.79 Å². The number of benzene rings is 1. The first-order chi connectivity index (χ1) is 9.54. The van der Waals surface area contributed by atoms with Crippen LogP contribution < -0.4 is 10.5 Å². The minimum Gasteiger partial charge on any atom is -0.496 e. The molecule has 1 aromatic heterocycles. The fourth-order valence-corrected chi connectivity index (χ4v) is 1.82. The minimum absolute atomic E-state index is 0.175. The number of nitrogens with zero attached hydrogens (tertiary/aromatic N) is 3. The summed E-state index contributed by atoms with van der Waals surface area (Å²) in [5.41, 5.74) is 5.50. The van der Waals surface area contributed by atoms with Gasteiger partial charge in [-0.25, -0.2) is 9.48 Å². The van der Waals surface area contributed by atoms with E-state index in [1.165, 1.54) is 7.11 Å². The SMILES string of the molecule is COc1ccccc1-c1c(C(=O)O)nnn1CC(N)=O. The maximum absolute atomic E-state index is 11.2. The zero-order chi connectivity index (χ0) is 14.7. The molecular formula is C12H12N4O4. The highest BCUT2D eigenvalue weighted by Crippen LogP contribution is 2.31. The topological polar surface area (TPSA) is 120 Å². The number of aromatic nitrogens is 3. The van der Waals surface area contributed by atoms with Crippen molar-refractivity contribution in [2.75, 3.05) is 7.11 Å². The van der Waals surface area contributed by atoms with Crippen LogP contribution in [0.15, 0.2) is 24.3 Å². The number of carboxylic acids is 1. The molecular weight excluding hydrogens is 264 g/mol. The van der Waals surface area contributed by atoms with Crippen LogP contribution in [0.25, 0.3) is 11.3 Å². The van der Waals surface area contributed by atoms with Crippen LogP contribution in [0.3, 0.4) is 0 Å². The van der Waals surface area contributed by atoms with Gasteiger partial charge in [0.25, 0.3) is 0 Å². The summed E-state index contributed by atoms with van der Waals surface area (Å²) in [5, 5.41) is 16.4. The van der Waals surface area contributed by atoms with E-state index in [-0.39, 0.29) is 17.9 Å². The van der Waals surface area contributed by atoms with Crippen LogP contribution in [0.2, 0.25) is 0 Å². The maximum Gasteiger partial charge on any atom is 0.358 e. The van der Waals surface area contributed by atoms with E-state index >= 15 is 0 Å². The molecule has 3 N–H and O–H groups in total. The molecule has 2 rings (SSSR count). The van der Waals surface area contributed by atoms with Crippen LogP contribution in [0.4, 0.5) is 0 Å². The number of methoxy groups -OCH3 is 1. The molecule has 0 aliphatic rings. The minimum atomic E-state index is -1.25. The number of para-hydroxylation sites is 1. The predicted molar refractivity (Wildman–Crippen MR) is 68.2 cm³/mol. The highest BCUT2D eigenvalue weighted by atomic mass is 16.5. The zero-order valence-electron chi connectivity index (χ0n) is 10.6. The molecule has 0 aliphatic heterocycles. The number of carbonyl (C=O) groups excluding carboxylic acids is 1. The summed E-state index contributed by atoms with van der Waals surface area (Å²) in [5.74, 6) is -1.45. The Labute approximate surface area is 113 Å². The average Bonchev–Trinajstić information content (AvgIpc) is 2.81. The number of rotatable bonds is 5. The van der Waals surface area contributed by atoms with Crippen molar-refractivity contribution < 1.29 is 19.4 Å². The van der Waals surface area contributed by atoms with E-state index in [1.807, 2.05) is 0 Å². The quantitative estimate of drug-likeness (QED) is 0.801. The highest BCUT2D eigenvalue weighted by molar-refractivity contribution is 5.94. The molecule has 0 spiro atoms. The van der Waals surface area contributed by atoms with Gasteiger partial charge in [-0.15, -0.1) is 5.10 Å². The molecule has 8 nitrogen and oxygen atoms in total. The summed E-state index contributed by atoms with van der Waals surface area (Å²) in [4.78, 5) is 22.3. The number of aromatic carboxylic acids is 1. The number of carbonyl (C=O) groups is 2. The lowest BCUT2D eigenvalue weighted by Crippen LogP contribution is -2.20. The van der Waals surface area contributed by atoms with E-state index < -0.39 is 11.9 Å². The number of amides is 1. The molecule has 0 unspecified atom stereocenters. The molecule has 1 aromatic carbocycles. The second-order valence-corrected chi connectivity index (χ2v) is 3.92. The van der Waals surface area contributed by atoms with Crippen molar-refractivity contribution in [2.45, 2.75) is 6.54 Å². The lowest BCUT2D eigenvalue weighted by molar-refractivity contribution is -0.118. The largest absolute Gasteiger partial charge is 0.496 e. The van der Waals surface area contributed by atoms with E-state index in [4.69, 9.17) is 15.6 Å². The summed E-state index contributed by atoms with van der Waals surface area (Å²) in [7, 11) is 1.46. The fourth-order valence-electron chi connectivity index (χ4n) is 1.82. The third-order valence-electron chi connectivity index (χ3n) is 2.61. The monoisotopic (exact) mass is 276 g/mol. The standard InChI is InChI=1S/C12H12N4O4/c1-20-8-5-3-2-4-7(8)11-10(12(18)19)14-15-16(11)6-9(13)17/h2-5H,6H2,1H3,(H2,13,17)(H,18,19). The van der Waals surface area contributed by atoms with Crippen molar-refractivity contribution in [1.29, 1.82) is 0 Å². The van der Waals surface area contributed by atoms with E-state index in [9.17, 15) is 9.59 Å². The number of primary amides is 1. The van der Waals surface area contributed by atoms with Crippen molar-refractivity contribution in [3.8, 4) is 17.0 Å². The average molecular weight is 276 g/mol. The number of ether oxygens (including phenoxy) is 1. The van der Waals surface area contributed by atoms with E-state index in [2.05, 4.69) is 10.3 Å². The molecule has 104 valence electrons. The second-order valence-electron chi connectivity index (χ2n) is 3.92. The third kappa shape index (κ3) is 2.44. The molecule has 0 aliphatic carbocycles. The van der Waals surface area contributed by atoms with Crippen LogP contribution in [0.5, 0.6) is 5.75 Å². The van der Waals surface area contributed by atoms with Crippen LogP contribution >= 0.6 is 0 Å². The van der Waals surface area contributed by atoms with Gasteiger partial charge in [-0.2, -0.15) is 0 Å². The van der Waals surface area contributed by atoms with Crippen LogP contribution in [0.1, 0.15) is 10.5 Å². The second kappa shape index (κ2) is 5.39. The lowest BCUT2D eigenvalue weighted by Gasteiger charge is -2.09. The first-order valence-electron chi connectivity index (χ1n) is 5.63. The Morgan fingerprint density at radius 1 is 1.40 bits per heavy atom. The Bertz CT molecular complexity index is 665. The number of carboxylic acid groups (broad SMARTS) is 1. The number of hydrogen-bond donors (Lipinski definition) is 2. The summed E-state index contributed by atoms with van der Waals surface area (Å²) < 4.78 is 6.33. The van der Waals surface area contributed by atoms with Crippen molar-refractivity contribution >= 4 is 11.9 Å². The normalized spacial score (nSPS) is 10.2. The van der Waals surface area contributed by atoms with E-state index in [1.54, 1.807) is 24.3 Å². The summed E-state index contributed by atoms with van der Waals surface area (Å²) in [6, 6.07) is 6.78. The van der Waals surface area contributed by atoms with Gasteiger partial charge >= 0.3 is 5.97 Å². The maximum atomic E-state index is 11.2. The van der Waals surface area contributed by atoms with Crippen molar-refractivity contribution in [2.24, 2.45) is 5.73 Å².